The Kier molecular flexibility index (Phi) is 5.22. The van der Waals surface area contributed by atoms with Crippen LogP contribution >= 0.6 is 11.8 Å². The minimum atomic E-state index is 0.0166. The van der Waals surface area contributed by atoms with Gasteiger partial charge in [-0.3, -0.25) is 9.78 Å². The fourth-order valence-electron chi connectivity index (χ4n) is 2.30. The average Bonchev–Trinajstić information content (AvgIpc) is 2.64. The van der Waals surface area contributed by atoms with Gasteiger partial charge in [-0.15, -0.1) is 0 Å². The van der Waals surface area contributed by atoms with E-state index in [9.17, 15) is 4.79 Å². The van der Waals surface area contributed by atoms with E-state index < -0.39 is 0 Å². The van der Waals surface area contributed by atoms with Crippen LogP contribution in [0.25, 0.3) is 0 Å². The maximum absolute atomic E-state index is 12.7. The summed E-state index contributed by atoms with van der Waals surface area (Å²) in [7, 11) is 0. The zero-order chi connectivity index (χ0) is 13.7. The standard InChI is InChI=1S/C14H20N2O2S/c1-11-10-19-9-3-7-16(11)14(18)12-4-2-6-15-13(12)5-8-17/h2,4,6,11,17H,3,5,7-10H2,1H3/t11-/m1/s1. The van der Waals surface area contributed by atoms with Gasteiger partial charge in [0, 0.05) is 37.6 Å². The van der Waals surface area contributed by atoms with Crippen molar-refractivity contribution in [3.63, 3.8) is 0 Å². The van der Waals surface area contributed by atoms with Crippen molar-refractivity contribution in [3.05, 3.63) is 29.6 Å². The van der Waals surface area contributed by atoms with Gasteiger partial charge in [0.05, 0.1) is 11.3 Å². The second-order valence-electron chi connectivity index (χ2n) is 4.75. The first-order valence-corrected chi connectivity index (χ1v) is 7.83. The molecule has 5 heteroatoms. The van der Waals surface area contributed by atoms with E-state index in [1.165, 1.54) is 0 Å². The lowest BCUT2D eigenvalue weighted by Crippen LogP contribution is -2.40. The number of aromatic nitrogens is 1. The zero-order valence-corrected chi connectivity index (χ0v) is 12.0. The summed E-state index contributed by atoms with van der Waals surface area (Å²) in [6.45, 7) is 2.92. The van der Waals surface area contributed by atoms with E-state index in [4.69, 9.17) is 5.11 Å². The third-order valence-corrected chi connectivity index (χ3v) is 4.60. The van der Waals surface area contributed by atoms with E-state index in [1.807, 2.05) is 22.7 Å². The number of carbonyl (C=O) groups excluding carboxylic acids is 1. The molecule has 2 heterocycles. The molecule has 19 heavy (non-hydrogen) atoms. The minimum absolute atomic E-state index is 0.0166. The van der Waals surface area contributed by atoms with E-state index >= 15 is 0 Å². The van der Waals surface area contributed by atoms with Gasteiger partial charge in [-0.25, -0.2) is 0 Å². The number of rotatable bonds is 3. The molecule has 1 aliphatic rings. The summed E-state index contributed by atoms with van der Waals surface area (Å²) in [5, 5.41) is 9.07. The molecule has 4 nitrogen and oxygen atoms in total. The van der Waals surface area contributed by atoms with Crippen molar-refractivity contribution in [1.82, 2.24) is 9.88 Å². The minimum Gasteiger partial charge on any atom is -0.396 e. The summed E-state index contributed by atoms with van der Waals surface area (Å²) < 4.78 is 0. The summed E-state index contributed by atoms with van der Waals surface area (Å²) in [5.74, 6) is 2.15. The topological polar surface area (TPSA) is 53.4 Å². The van der Waals surface area contributed by atoms with Crippen LogP contribution in [0, 0.1) is 0 Å². The van der Waals surface area contributed by atoms with Crippen molar-refractivity contribution in [1.29, 1.82) is 0 Å². The van der Waals surface area contributed by atoms with Crippen molar-refractivity contribution >= 4 is 17.7 Å². The maximum Gasteiger partial charge on any atom is 0.255 e. The predicted octanol–water partition coefficient (Wildman–Crippen LogP) is 1.58. The first-order valence-electron chi connectivity index (χ1n) is 6.67. The quantitative estimate of drug-likeness (QED) is 0.913. The van der Waals surface area contributed by atoms with Gasteiger partial charge in [0.25, 0.3) is 5.91 Å². The fraction of sp³-hybridized carbons (Fsp3) is 0.571. The first kappa shape index (κ1) is 14.3. The van der Waals surface area contributed by atoms with Crippen LogP contribution in [0.15, 0.2) is 18.3 Å². The third kappa shape index (κ3) is 3.48. The highest BCUT2D eigenvalue weighted by molar-refractivity contribution is 7.99. The summed E-state index contributed by atoms with van der Waals surface area (Å²) >= 11 is 1.91. The van der Waals surface area contributed by atoms with Gasteiger partial charge in [0.2, 0.25) is 0 Å². The Balaban J connectivity index is 2.22. The van der Waals surface area contributed by atoms with Gasteiger partial charge in [-0.05, 0) is 31.2 Å². The smallest absolute Gasteiger partial charge is 0.255 e. The predicted molar refractivity (Wildman–Crippen MR) is 77.5 cm³/mol. The molecule has 1 aliphatic heterocycles. The summed E-state index contributed by atoms with van der Waals surface area (Å²) in [6, 6.07) is 3.85. The van der Waals surface area contributed by atoms with Gasteiger partial charge in [0.1, 0.15) is 0 Å². The van der Waals surface area contributed by atoms with Gasteiger partial charge in [0.15, 0.2) is 0 Å². The lowest BCUT2D eigenvalue weighted by Gasteiger charge is -2.27. The van der Waals surface area contributed by atoms with Gasteiger partial charge < -0.3 is 10.0 Å². The molecule has 0 spiro atoms. The Morgan fingerprint density at radius 3 is 3.26 bits per heavy atom. The Morgan fingerprint density at radius 2 is 2.47 bits per heavy atom. The van der Waals surface area contributed by atoms with Crippen LogP contribution in [-0.4, -0.2) is 51.6 Å². The number of carbonyl (C=O) groups is 1. The molecule has 1 aromatic rings. The van der Waals surface area contributed by atoms with Crippen LogP contribution < -0.4 is 0 Å². The Morgan fingerprint density at radius 1 is 1.63 bits per heavy atom. The average molecular weight is 280 g/mol. The number of hydrogen-bond acceptors (Lipinski definition) is 4. The molecule has 0 aromatic carbocycles. The van der Waals surface area contributed by atoms with E-state index in [0.717, 1.165) is 24.5 Å². The highest BCUT2D eigenvalue weighted by Gasteiger charge is 2.25. The second kappa shape index (κ2) is 6.91. The number of aliphatic hydroxyl groups excluding tert-OH is 1. The van der Waals surface area contributed by atoms with Crippen molar-refractivity contribution < 1.29 is 9.90 Å². The summed E-state index contributed by atoms with van der Waals surface area (Å²) in [6.07, 6.45) is 3.14. The number of thioether (sulfide) groups is 1. The molecule has 0 saturated carbocycles. The third-order valence-electron chi connectivity index (χ3n) is 3.31. The lowest BCUT2D eigenvalue weighted by molar-refractivity contribution is 0.0711. The van der Waals surface area contributed by atoms with Crippen molar-refractivity contribution in [2.75, 3.05) is 24.7 Å². The molecule has 1 aromatic heterocycles. The molecular weight excluding hydrogens is 260 g/mol. The molecule has 0 radical (unpaired) electrons. The van der Waals surface area contributed by atoms with Crippen molar-refractivity contribution in [3.8, 4) is 0 Å². The van der Waals surface area contributed by atoms with Crippen LogP contribution in [-0.2, 0) is 6.42 Å². The Labute approximate surface area is 118 Å². The van der Waals surface area contributed by atoms with E-state index in [1.54, 1.807) is 12.3 Å². The number of hydrogen-bond donors (Lipinski definition) is 1. The Bertz CT molecular complexity index is 439. The molecule has 0 aliphatic carbocycles. The van der Waals surface area contributed by atoms with Crippen LogP contribution in [0.1, 0.15) is 29.4 Å². The van der Waals surface area contributed by atoms with E-state index in [2.05, 4.69) is 11.9 Å². The molecule has 1 N–H and O–H groups in total. The molecule has 104 valence electrons. The second-order valence-corrected chi connectivity index (χ2v) is 5.90. The van der Waals surface area contributed by atoms with Crippen LogP contribution in [0.2, 0.25) is 0 Å². The van der Waals surface area contributed by atoms with Crippen molar-refractivity contribution in [2.45, 2.75) is 25.8 Å². The summed E-state index contributed by atoms with van der Waals surface area (Å²) in [4.78, 5) is 18.8. The maximum atomic E-state index is 12.7. The van der Waals surface area contributed by atoms with Crippen LogP contribution in [0.4, 0.5) is 0 Å². The summed E-state index contributed by atoms with van der Waals surface area (Å²) in [5.41, 5.74) is 1.33. The number of aliphatic hydroxyl groups is 1. The molecule has 1 saturated heterocycles. The molecule has 1 fully saturated rings. The van der Waals surface area contributed by atoms with E-state index in [-0.39, 0.29) is 18.6 Å². The van der Waals surface area contributed by atoms with Crippen molar-refractivity contribution in [2.24, 2.45) is 0 Å². The van der Waals surface area contributed by atoms with Crippen LogP contribution in [0.3, 0.4) is 0 Å². The zero-order valence-electron chi connectivity index (χ0n) is 11.2. The van der Waals surface area contributed by atoms with Crippen LogP contribution in [0.5, 0.6) is 0 Å². The molecule has 0 bridgehead atoms. The van der Waals surface area contributed by atoms with Gasteiger partial charge in [-0.1, -0.05) is 0 Å². The highest BCUT2D eigenvalue weighted by Crippen LogP contribution is 2.19. The number of pyridine rings is 1. The largest absolute Gasteiger partial charge is 0.396 e. The fourth-order valence-corrected chi connectivity index (χ4v) is 3.32. The van der Waals surface area contributed by atoms with Gasteiger partial charge in [-0.2, -0.15) is 11.8 Å². The monoisotopic (exact) mass is 280 g/mol. The Hall–Kier alpha value is -1.07. The molecule has 1 amide bonds. The van der Waals surface area contributed by atoms with E-state index in [0.29, 0.717) is 17.7 Å². The lowest BCUT2D eigenvalue weighted by atomic mass is 10.1. The molecule has 1 atom stereocenters. The SMILES string of the molecule is C[C@@H]1CSCCCN1C(=O)c1cccnc1CCO. The molecule has 0 unspecified atom stereocenters. The highest BCUT2D eigenvalue weighted by atomic mass is 32.2. The normalized spacial score (nSPS) is 20.1. The molecule has 2 rings (SSSR count). The molecular formula is C14H20N2O2S. The number of nitrogens with zero attached hydrogens (tertiary/aromatic N) is 2. The van der Waals surface area contributed by atoms with Gasteiger partial charge >= 0.3 is 0 Å². The first-order chi connectivity index (χ1) is 9.24. The number of amides is 1.